The largest absolute Gasteiger partial charge is 0.381 e. The van der Waals surface area contributed by atoms with Crippen molar-refractivity contribution < 1.29 is 22.7 Å². The van der Waals surface area contributed by atoms with Gasteiger partial charge in [-0.15, -0.1) is 0 Å². The molecule has 39 heavy (non-hydrogen) atoms. The van der Waals surface area contributed by atoms with E-state index in [4.69, 9.17) is 22.1 Å². The molecule has 208 valence electrons. The van der Waals surface area contributed by atoms with Crippen molar-refractivity contribution in [3.05, 3.63) is 71.3 Å². The second-order valence-electron chi connectivity index (χ2n) is 10.4. The van der Waals surface area contributed by atoms with Crippen LogP contribution in [0.25, 0.3) is 0 Å². The third kappa shape index (κ3) is 5.56. The molecule has 0 saturated carbocycles. The van der Waals surface area contributed by atoms with E-state index in [2.05, 4.69) is 5.32 Å². The van der Waals surface area contributed by atoms with Crippen LogP contribution in [0.5, 0.6) is 0 Å². The molecule has 2 fully saturated rings. The Morgan fingerprint density at radius 1 is 1.05 bits per heavy atom. The number of para-hydroxylation sites is 1. The first kappa shape index (κ1) is 27.6. The number of benzene rings is 2. The Bertz CT molecular complexity index is 1360. The second-order valence-corrected chi connectivity index (χ2v) is 12.7. The lowest BCUT2D eigenvalue weighted by Gasteiger charge is -2.38. The van der Waals surface area contributed by atoms with Gasteiger partial charge in [0.2, 0.25) is 5.91 Å². The lowest BCUT2D eigenvalue weighted by atomic mass is 9.72. The lowest BCUT2D eigenvalue weighted by molar-refractivity contribution is -0.122. The fourth-order valence-electron chi connectivity index (χ4n) is 5.76. The van der Waals surface area contributed by atoms with E-state index in [1.54, 1.807) is 53.5 Å². The minimum absolute atomic E-state index is 0.00597. The van der Waals surface area contributed by atoms with E-state index in [-0.39, 0.29) is 51.6 Å². The highest BCUT2D eigenvalue weighted by atomic mass is 35.5. The summed E-state index contributed by atoms with van der Waals surface area (Å²) in [6.45, 7) is 2.53. The summed E-state index contributed by atoms with van der Waals surface area (Å²) in [4.78, 5) is 28.2. The highest BCUT2D eigenvalue weighted by Gasteiger charge is 2.48. The number of anilines is 1. The monoisotopic (exact) mass is 572 g/mol. The summed E-state index contributed by atoms with van der Waals surface area (Å²) in [7, 11) is -4.15. The molecule has 0 aliphatic carbocycles. The van der Waals surface area contributed by atoms with Gasteiger partial charge < -0.3 is 20.7 Å². The van der Waals surface area contributed by atoms with Gasteiger partial charge in [0.1, 0.15) is 4.90 Å². The van der Waals surface area contributed by atoms with E-state index < -0.39 is 16.1 Å². The van der Waals surface area contributed by atoms with Crippen molar-refractivity contribution in [1.82, 2.24) is 10.2 Å². The quantitative estimate of drug-likeness (QED) is 0.507. The smallest absolute Gasteiger partial charge is 0.266 e. The first-order valence-corrected chi connectivity index (χ1v) is 15.0. The Balaban J connectivity index is 1.57. The molecule has 4 bridgehead atoms. The van der Waals surface area contributed by atoms with Crippen molar-refractivity contribution >= 4 is 39.1 Å². The molecule has 11 heteroatoms. The Hall–Kier alpha value is -2.92. The van der Waals surface area contributed by atoms with Gasteiger partial charge in [0.15, 0.2) is 0 Å². The van der Waals surface area contributed by atoms with Gasteiger partial charge in [0.05, 0.1) is 23.3 Å². The van der Waals surface area contributed by atoms with Crippen LogP contribution in [0.4, 0.5) is 5.69 Å². The standard InChI is InChI=1S/C28H33ClN4O5S/c29-23-10-9-20-16-25(23)39(36,37)33(22-6-2-1-3-7-22)13-5-4-8-24(30)26(34)31-17-21-18-32(27(20)35)19-28(21)11-14-38-15-12-28/h1-7,9-10,16,21,24H,8,11-15,17-19,30H2,(H,31,34)/b5-4+. The van der Waals surface area contributed by atoms with Crippen molar-refractivity contribution in [3.8, 4) is 0 Å². The van der Waals surface area contributed by atoms with Gasteiger partial charge in [-0.2, -0.15) is 0 Å². The van der Waals surface area contributed by atoms with Gasteiger partial charge >= 0.3 is 0 Å². The molecule has 9 nitrogen and oxygen atoms in total. The normalized spacial score (nSPS) is 26.2. The van der Waals surface area contributed by atoms with Gasteiger partial charge in [-0.3, -0.25) is 13.9 Å². The van der Waals surface area contributed by atoms with Crippen LogP contribution in [-0.4, -0.2) is 70.6 Å². The first-order valence-electron chi connectivity index (χ1n) is 13.1. The van der Waals surface area contributed by atoms with Crippen LogP contribution >= 0.6 is 11.6 Å². The zero-order valence-corrected chi connectivity index (χ0v) is 23.2. The summed E-state index contributed by atoms with van der Waals surface area (Å²) in [5, 5.41) is 3.03. The molecule has 2 unspecified atom stereocenters. The molecular weight excluding hydrogens is 540 g/mol. The zero-order valence-electron chi connectivity index (χ0n) is 21.6. The van der Waals surface area contributed by atoms with E-state index in [1.165, 1.54) is 16.4 Å². The summed E-state index contributed by atoms with van der Waals surface area (Å²) < 4.78 is 34.8. The number of carbonyl (C=O) groups excluding carboxylic acids is 2. The molecule has 2 atom stereocenters. The molecule has 3 aliphatic heterocycles. The van der Waals surface area contributed by atoms with Gasteiger partial charge in [-0.05, 0) is 55.0 Å². The Morgan fingerprint density at radius 3 is 2.54 bits per heavy atom. The van der Waals surface area contributed by atoms with Crippen LogP contribution < -0.4 is 15.4 Å². The number of hydrogen-bond acceptors (Lipinski definition) is 6. The highest BCUT2D eigenvalue weighted by molar-refractivity contribution is 7.93. The molecule has 3 N–H and O–H groups in total. The summed E-state index contributed by atoms with van der Waals surface area (Å²) in [5.41, 5.74) is 6.67. The predicted octanol–water partition coefficient (Wildman–Crippen LogP) is 2.81. The second kappa shape index (κ2) is 11.3. The number of halogens is 1. The average molecular weight is 573 g/mol. The molecule has 3 aliphatic rings. The number of hydrogen-bond donors (Lipinski definition) is 2. The molecule has 3 heterocycles. The van der Waals surface area contributed by atoms with Crippen molar-refractivity contribution in [3.63, 3.8) is 0 Å². The summed E-state index contributed by atoms with van der Waals surface area (Å²) in [5.74, 6) is -0.520. The third-order valence-corrected chi connectivity index (χ3v) is 10.3. The number of sulfonamides is 1. The molecular formula is C28H33ClN4O5S. The van der Waals surface area contributed by atoms with E-state index >= 15 is 0 Å². The fraction of sp³-hybridized carbons (Fsp3) is 0.429. The van der Waals surface area contributed by atoms with Gasteiger partial charge in [-0.1, -0.05) is 42.0 Å². The van der Waals surface area contributed by atoms with Gasteiger partial charge in [0, 0.05) is 44.3 Å². The molecule has 1 spiro atoms. The average Bonchev–Trinajstić information content (AvgIpc) is 3.28. The first-order chi connectivity index (χ1) is 18.7. The number of nitrogens with two attached hydrogens (primary N) is 1. The maximum Gasteiger partial charge on any atom is 0.266 e. The summed E-state index contributed by atoms with van der Waals surface area (Å²) in [6, 6.07) is 12.3. The predicted molar refractivity (Wildman–Crippen MR) is 149 cm³/mol. The maximum absolute atomic E-state index is 14.0. The molecule has 5 rings (SSSR count). The van der Waals surface area contributed by atoms with Crippen molar-refractivity contribution in [2.24, 2.45) is 17.1 Å². The number of nitrogens with one attached hydrogen (secondary N) is 1. The third-order valence-electron chi connectivity index (χ3n) is 8.07. The fourth-order valence-corrected chi connectivity index (χ4v) is 7.68. The number of carbonyl (C=O) groups is 2. The van der Waals surface area contributed by atoms with Crippen LogP contribution in [0.2, 0.25) is 5.02 Å². The highest BCUT2D eigenvalue weighted by Crippen LogP contribution is 2.44. The summed E-state index contributed by atoms with van der Waals surface area (Å²) in [6.07, 6.45) is 5.19. The zero-order chi connectivity index (χ0) is 27.6. The van der Waals surface area contributed by atoms with Gasteiger partial charge in [-0.25, -0.2) is 8.42 Å². The number of nitrogens with zero attached hydrogens (tertiary/aromatic N) is 2. The number of amides is 2. The summed E-state index contributed by atoms with van der Waals surface area (Å²) >= 11 is 6.44. The maximum atomic E-state index is 14.0. The van der Waals surface area contributed by atoms with Crippen LogP contribution in [0.3, 0.4) is 0 Å². The van der Waals surface area contributed by atoms with Crippen molar-refractivity contribution in [2.45, 2.75) is 30.2 Å². The van der Waals surface area contributed by atoms with Crippen LogP contribution in [0.1, 0.15) is 29.6 Å². The molecule has 2 saturated heterocycles. The Labute approximate surface area is 234 Å². The van der Waals surface area contributed by atoms with Crippen molar-refractivity contribution in [1.29, 1.82) is 0 Å². The number of rotatable bonds is 1. The molecule has 0 aromatic heterocycles. The Kier molecular flexibility index (Phi) is 8.00. The van der Waals surface area contributed by atoms with Crippen molar-refractivity contribution in [2.75, 3.05) is 43.7 Å². The minimum atomic E-state index is -4.15. The SMILES string of the molecule is NC1C/C=C/CN(c2ccccc2)S(=O)(=O)c2cc(ccc2Cl)C(=O)N2CC(CNC1=O)C1(CCOCC1)C2. The van der Waals surface area contributed by atoms with E-state index in [1.807, 2.05) is 0 Å². The lowest BCUT2D eigenvalue weighted by Crippen LogP contribution is -2.46. The van der Waals surface area contributed by atoms with E-state index in [0.29, 0.717) is 38.5 Å². The molecule has 2 amide bonds. The topological polar surface area (TPSA) is 122 Å². The van der Waals surface area contributed by atoms with Crippen LogP contribution in [0.15, 0.2) is 65.6 Å². The molecule has 2 aromatic rings. The number of fused-ring (bicyclic) bond motifs is 5. The molecule has 2 aromatic carbocycles. The van der Waals surface area contributed by atoms with E-state index in [0.717, 1.165) is 12.8 Å². The molecule has 0 radical (unpaired) electrons. The Morgan fingerprint density at radius 2 is 1.79 bits per heavy atom. The number of ether oxygens (including phenoxy) is 1. The van der Waals surface area contributed by atoms with Crippen LogP contribution in [-0.2, 0) is 19.6 Å². The van der Waals surface area contributed by atoms with E-state index in [9.17, 15) is 18.0 Å². The van der Waals surface area contributed by atoms with Crippen LogP contribution in [0, 0.1) is 11.3 Å². The minimum Gasteiger partial charge on any atom is -0.381 e. The van der Waals surface area contributed by atoms with Gasteiger partial charge in [0.25, 0.3) is 15.9 Å².